The maximum Gasteiger partial charge on any atom is 0.338 e. The van der Waals surface area contributed by atoms with Gasteiger partial charge < -0.3 is 28.8 Å². The summed E-state index contributed by atoms with van der Waals surface area (Å²) in [5.74, 6) is -3.64. The number of amides is 1. The van der Waals surface area contributed by atoms with E-state index < -0.39 is 66.2 Å². The lowest BCUT2D eigenvalue weighted by molar-refractivity contribution is -0.0605. The molecule has 0 saturated carbocycles. The zero-order valence-corrected chi connectivity index (χ0v) is 29.4. The normalized spacial score (nSPS) is 17.6. The topological polar surface area (TPSA) is 139 Å². The van der Waals surface area contributed by atoms with Gasteiger partial charge in [0.05, 0.1) is 22.2 Å². The first kappa shape index (κ1) is 36.7. The minimum atomic E-state index is -1.43. The lowest BCUT2D eigenvalue weighted by Crippen LogP contribution is -2.41. The molecule has 4 atom stereocenters. The van der Waals surface area contributed by atoms with Crippen LogP contribution in [0.5, 0.6) is 0 Å². The number of ether oxygens (including phenoxy) is 4. The van der Waals surface area contributed by atoms with Gasteiger partial charge in [-0.2, -0.15) is 0 Å². The summed E-state index contributed by atoms with van der Waals surface area (Å²) in [7, 11) is 0. The summed E-state index contributed by atoms with van der Waals surface area (Å²) < 4.78 is 39.3. The monoisotopic (exact) mass is 760 g/mol. The molecule has 55 heavy (non-hydrogen) atoms. The number of anilines is 1. The smallest absolute Gasteiger partial charge is 0.338 e. The molecule has 1 aromatic heterocycles. The van der Waals surface area contributed by atoms with Crippen molar-refractivity contribution in [3.05, 3.63) is 183 Å². The highest BCUT2D eigenvalue weighted by atomic mass is 35.5. The zero-order valence-electron chi connectivity index (χ0n) is 28.7. The number of halogens is 2. The van der Waals surface area contributed by atoms with Crippen molar-refractivity contribution in [3.63, 3.8) is 0 Å². The quantitative estimate of drug-likeness (QED) is 0.113. The van der Waals surface area contributed by atoms with E-state index in [0.717, 1.165) is 12.1 Å². The summed E-state index contributed by atoms with van der Waals surface area (Å²) in [6, 6.07) is 33.6. The van der Waals surface area contributed by atoms with E-state index in [2.05, 4.69) is 5.32 Å². The van der Waals surface area contributed by atoms with E-state index in [0.29, 0.717) is 5.02 Å². The summed E-state index contributed by atoms with van der Waals surface area (Å²) in [6.45, 7) is -0.472. The number of nitrogens with one attached hydrogen (secondary N) is 1. The van der Waals surface area contributed by atoms with E-state index >= 15 is 0 Å². The van der Waals surface area contributed by atoms with E-state index in [1.54, 1.807) is 54.6 Å². The summed E-state index contributed by atoms with van der Waals surface area (Å²) in [5, 5.41) is 3.13. The van der Waals surface area contributed by atoms with Gasteiger partial charge in [-0.1, -0.05) is 60.1 Å². The second kappa shape index (κ2) is 16.2. The van der Waals surface area contributed by atoms with Gasteiger partial charge in [0.25, 0.3) is 5.91 Å². The fourth-order valence-electron chi connectivity index (χ4n) is 6.10. The predicted octanol–water partition coefficient (Wildman–Crippen LogP) is 7.25. The van der Waals surface area contributed by atoms with Crippen molar-refractivity contribution in [1.29, 1.82) is 0 Å². The van der Waals surface area contributed by atoms with Crippen LogP contribution in [0.3, 0.4) is 0 Å². The molecule has 5 aromatic carbocycles. The van der Waals surface area contributed by atoms with Crippen LogP contribution in [0.25, 0.3) is 10.9 Å². The maximum atomic E-state index is 13.8. The largest absolute Gasteiger partial charge is 0.459 e. The second-order valence-corrected chi connectivity index (χ2v) is 12.8. The van der Waals surface area contributed by atoms with Crippen molar-refractivity contribution in [1.82, 2.24) is 4.57 Å². The molecule has 7 rings (SSSR count). The van der Waals surface area contributed by atoms with Gasteiger partial charge in [0.1, 0.15) is 24.1 Å². The minimum absolute atomic E-state index is 0.112. The molecule has 1 N–H and O–H groups in total. The molecular formula is C42H30ClFN2O9. The van der Waals surface area contributed by atoms with Gasteiger partial charge in [0, 0.05) is 22.3 Å². The summed E-state index contributed by atoms with van der Waals surface area (Å²) in [5.41, 5.74) is 0.113. The van der Waals surface area contributed by atoms with E-state index in [4.69, 9.17) is 30.5 Å². The van der Waals surface area contributed by atoms with E-state index in [-0.39, 0.29) is 38.8 Å². The number of nitrogens with zero attached hydrogens (tertiary/aromatic N) is 1. The molecule has 276 valence electrons. The molecule has 2 heterocycles. The number of benzene rings is 5. The highest BCUT2D eigenvalue weighted by Crippen LogP contribution is 2.37. The van der Waals surface area contributed by atoms with E-state index in [1.807, 2.05) is 0 Å². The Hall–Kier alpha value is -6.63. The Labute approximate surface area is 317 Å². The van der Waals surface area contributed by atoms with Crippen LogP contribution in [0.4, 0.5) is 10.1 Å². The van der Waals surface area contributed by atoms with Crippen LogP contribution in [-0.4, -0.2) is 53.3 Å². The molecule has 1 amide bonds. The molecule has 0 radical (unpaired) electrons. The number of hydrogen-bond acceptors (Lipinski definition) is 9. The molecule has 11 nitrogen and oxygen atoms in total. The van der Waals surface area contributed by atoms with Gasteiger partial charge in [-0.25, -0.2) is 18.8 Å². The molecule has 0 bridgehead atoms. The van der Waals surface area contributed by atoms with Crippen LogP contribution in [-0.2, 0) is 18.9 Å². The summed E-state index contributed by atoms with van der Waals surface area (Å²) in [4.78, 5) is 67.9. The molecule has 0 spiro atoms. The number of pyridine rings is 1. The van der Waals surface area contributed by atoms with Gasteiger partial charge in [0.15, 0.2) is 18.4 Å². The molecule has 6 aromatic rings. The van der Waals surface area contributed by atoms with Crippen LogP contribution < -0.4 is 10.7 Å². The lowest BCUT2D eigenvalue weighted by Gasteiger charge is -2.26. The third kappa shape index (κ3) is 8.15. The average Bonchev–Trinajstić information content (AvgIpc) is 3.54. The summed E-state index contributed by atoms with van der Waals surface area (Å²) in [6.07, 6.45) is -4.17. The van der Waals surface area contributed by atoms with Crippen molar-refractivity contribution in [2.24, 2.45) is 0 Å². The highest BCUT2D eigenvalue weighted by molar-refractivity contribution is 6.30. The SMILES string of the molecule is O=C(OC[C@H]1O[C@@H](n2cc(C(=O)Nc3ccc(F)cc3)c(=O)c3ccccc32)[C@H](OC(=O)c2ccccc2)[C@@H]1OC(=O)c1ccccc1)c1ccc(Cl)cc1. The number of carbonyl (C=O) groups is 4. The van der Waals surface area contributed by atoms with Crippen molar-refractivity contribution in [2.75, 3.05) is 11.9 Å². The molecular weight excluding hydrogens is 731 g/mol. The first-order valence-electron chi connectivity index (χ1n) is 17.0. The fraction of sp³-hybridized carbons (Fsp3) is 0.119. The van der Waals surface area contributed by atoms with Crippen molar-refractivity contribution < 1.29 is 42.5 Å². The molecule has 0 aliphatic carbocycles. The van der Waals surface area contributed by atoms with Crippen LogP contribution in [0.1, 0.15) is 47.7 Å². The van der Waals surface area contributed by atoms with Crippen molar-refractivity contribution in [2.45, 2.75) is 24.5 Å². The summed E-state index contributed by atoms with van der Waals surface area (Å²) >= 11 is 6.00. The van der Waals surface area contributed by atoms with E-state index in [9.17, 15) is 28.4 Å². The Bertz CT molecular complexity index is 2420. The lowest BCUT2D eigenvalue weighted by atomic mass is 10.1. The number of hydrogen-bond donors (Lipinski definition) is 1. The third-order valence-electron chi connectivity index (χ3n) is 8.81. The molecule has 1 aliphatic rings. The van der Waals surface area contributed by atoms with Gasteiger partial charge in [-0.05, 0) is 84.9 Å². The van der Waals surface area contributed by atoms with Gasteiger partial charge in [-0.3, -0.25) is 9.59 Å². The third-order valence-corrected chi connectivity index (χ3v) is 9.06. The van der Waals surface area contributed by atoms with Gasteiger partial charge in [0.2, 0.25) is 5.43 Å². The Morgan fingerprint density at radius 1 is 0.691 bits per heavy atom. The number of carbonyl (C=O) groups excluding carboxylic acids is 4. The Morgan fingerprint density at radius 3 is 1.89 bits per heavy atom. The number of rotatable bonds is 10. The van der Waals surface area contributed by atoms with Crippen LogP contribution in [0.15, 0.2) is 144 Å². The molecule has 0 unspecified atom stereocenters. The van der Waals surface area contributed by atoms with Crippen molar-refractivity contribution in [3.8, 4) is 0 Å². The molecule has 1 saturated heterocycles. The Kier molecular flexibility index (Phi) is 10.8. The Balaban J connectivity index is 1.32. The molecule has 1 aliphatic heterocycles. The van der Waals surface area contributed by atoms with Crippen LogP contribution >= 0.6 is 11.6 Å². The highest BCUT2D eigenvalue weighted by Gasteiger charge is 2.51. The molecule has 13 heteroatoms. The number of fused-ring (bicyclic) bond motifs is 1. The van der Waals surface area contributed by atoms with Gasteiger partial charge in [-0.15, -0.1) is 0 Å². The minimum Gasteiger partial charge on any atom is -0.459 e. The number of esters is 3. The Morgan fingerprint density at radius 2 is 1.25 bits per heavy atom. The van der Waals surface area contributed by atoms with Gasteiger partial charge >= 0.3 is 17.9 Å². The average molecular weight is 761 g/mol. The van der Waals surface area contributed by atoms with E-state index in [1.165, 1.54) is 77.5 Å². The van der Waals surface area contributed by atoms with Crippen LogP contribution in [0, 0.1) is 5.82 Å². The number of aromatic nitrogens is 1. The van der Waals surface area contributed by atoms with Crippen LogP contribution in [0.2, 0.25) is 5.02 Å². The fourth-order valence-corrected chi connectivity index (χ4v) is 6.23. The second-order valence-electron chi connectivity index (χ2n) is 12.4. The predicted molar refractivity (Wildman–Crippen MR) is 199 cm³/mol. The van der Waals surface area contributed by atoms with Crippen molar-refractivity contribution >= 4 is 52.0 Å². The number of para-hydroxylation sites is 1. The maximum absolute atomic E-state index is 13.8. The molecule has 1 fully saturated rings. The standard InChI is InChI=1S/C42H30ClFN2O9/c43-28-17-15-27(16-18-28)40(49)52-24-34-36(54-41(50)25-9-3-1-4-10-25)37(55-42(51)26-11-5-2-6-12-26)39(53-34)46-23-32(35(47)31-13-7-8-14-33(31)46)38(48)45-30-21-19-29(44)20-22-30/h1-23,34,36-37,39H,24H2,(H,45,48)/t34-,36-,37-,39-/m1/s1. The zero-order chi connectivity index (χ0) is 38.5. The first-order chi connectivity index (χ1) is 26.7. The first-order valence-corrected chi connectivity index (χ1v) is 17.3.